The highest BCUT2D eigenvalue weighted by Gasteiger charge is 2.30. The molecule has 0 aliphatic carbocycles. The maximum atomic E-state index is 12.5. The van der Waals surface area contributed by atoms with E-state index in [1.165, 1.54) is 4.68 Å². The summed E-state index contributed by atoms with van der Waals surface area (Å²) >= 11 is 0. The zero-order valence-corrected chi connectivity index (χ0v) is 12.9. The number of rotatable bonds is 3. The Labute approximate surface area is 128 Å². The molecule has 1 aromatic heterocycles. The van der Waals surface area contributed by atoms with E-state index in [1.807, 2.05) is 30.9 Å². The summed E-state index contributed by atoms with van der Waals surface area (Å²) in [5.74, 6) is 0.115. The molecule has 3 rings (SSSR count). The largest absolute Gasteiger partial charge is 0.338 e. The molecule has 2 aromatic rings. The van der Waals surface area contributed by atoms with Crippen molar-refractivity contribution in [2.24, 2.45) is 5.92 Å². The van der Waals surface area contributed by atoms with Gasteiger partial charge < -0.3 is 4.90 Å². The van der Waals surface area contributed by atoms with Gasteiger partial charge in [-0.25, -0.2) is 4.68 Å². The van der Waals surface area contributed by atoms with Crippen LogP contribution in [0.1, 0.15) is 26.7 Å². The number of likely N-dealkylation sites (tertiary alicyclic amines) is 1. The number of hydrogen-bond acceptors (Lipinski definition) is 4. The molecule has 1 aliphatic heterocycles. The summed E-state index contributed by atoms with van der Waals surface area (Å²) in [5, 5.41) is 8.69. The van der Waals surface area contributed by atoms with E-state index >= 15 is 0 Å². The summed E-state index contributed by atoms with van der Waals surface area (Å²) < 4.78 is 1.39. The molecule has 0 unspecified atom stereocenters. The van der Waals surface area contributed by atoms with E-state index in [-0.39, 0.29) is 23.4 Å². The molecule has 0 radical (unpaired) electrons. The van der Waals surface area contributed by atoms with Gasteiger partial charge in [0.15, 0.2) is 0 Å². The average molecular weight is 300 g/mol. The highest BCUT2D eigenvalue weighted by atomic mass is 16.2. The van der Waals surface area contributed by atoms with Gasteiger partial charge in [-0.3, -0.25) is 9.59 Å². The minimum absolute atomic E-state index is 0.0278. The van der Waals surface area contributed by atoms with Crippen LogP contribution >= 0.6 is 0 Å². The first kappa shape index (κ1) is 14.7. The molecule has 1 amide bonds. The molecule has 6 heteroatoms. The number of amides is 1. The van der Waals surface area contributed by atoms with Crippen molar-refractivity contribution in [2.75, 3.05) is 6.54 Å². The molecule has 1 saturated heterocycles. The summed E-state index contributed by atoms with van der Waals surface area (Å²) in [6.07, 6.45) is 1.87. The molecule has 0 saturated carbocycles. The Hall–Kier alpha value is -2.24. The summed E-state index contributed by atoms with van der Waals surface area (Å²) in [4.78, 5) is 26.6. The Morgan fingerprint density at radius 2 is 2.14 bits per heavy atom. The summed E-state index contributed by atoms with van der Waals surface area (Å²) in [5.41, 5.74) is 0.458. The van der Waals surface area contributed by atoms with Crippen molar-refractivity contribution >= 4 is 16.8 Å². The van der Waals surface area contributed by atoms with E-state index in [2.05, 4.69) is 10.3 Å². The first-order valence-electron chi connectivity index (χ1n) is 7.71. The molecule has 1 fully saturated rings. The van der Waals surface area contributed by atoms with Gasteiger partial charge >= 0.3 is 0 Å². The van der Waals surface area contributed by atoms with Gasteiger partial charge in [-0.2, -0.15) is 0 Å². The maximum absolute atomic E-state index is 12.5. The van der Waals surface area contributed by atoms with E-state index in [9.17, 15) is 9.59 Å². The Morgan fingerprint density at radius 1 is 1.36 bits per heavy atom. The van der Waals surface area contributed by atoms with Crippen molar-refractivity contribution in [1.82, 2.24) is 19.9 Å². The fraction of sp³-hybridized carbons (Fsp3) is 0.500. The normalized spacial score (nSPS) is 18.3. The highest BCUT2D eigenvalue weighted by molar-refractivity contribution is 5.78. The molecule has 1 atom stereocenters. The fourth-order valence-electron chi connectivity index (χ4n) is 2.99. The van der Waals surface area contributed by atoms with Crippen LogP contribution in [0.3, 0.4) is 0 Å². The third-order valence-corrected chi connectivity index (χ3v) is 4.17. The quantitative estimate of drug-likeness (QED) is 0.860. The van der Waals surface area contributed by atoms with E-state index in [1.54, 1.807) is 12.1 Å². The number of benzene rings is 1. The highest BCUT2D eigenvalue weighted by Crippen LogP contribution is 2.20. The van der Waals surface area contributed by atoms with Gasteiger partial charge in [0.25, 0.3) is 5.56 Å². The smallest absolute Gasteiger partial charge is 0.277 e. The van der Waals surface area contributed by atoms with Crippen LogP contribution in [0, 0.1) is 5.92 Å². The van der Waals surface area contributed by atoms with Crippen molar-refractivity contribution in [2.45, 2.75) is 39.3 Å². The summed E-state index contributed by atoms with van der Waals surface area (Å²) in [6, 6.07) is 7.22. The second-order valence-corrected chi connectivity index (χ2v) is 6.08. The molecule has 2 heterocycles. The predicted octanol–water partition coefficient (Wildman–Crippen LogP) is 1.44. The number of carbonyl (C=O) groups excluding carboxylic acids is 1. The van der Waals surface area contributed by atoms with Crippen LogP contribution in [0.2, 0.25) is 0 Å². The Kier molecular flexibility index (Phi) is 3.92. The molecule has 0 N–H and O–H groups in total. The van der Waals surface area contributed by atoms with E-state index < -0.39 is 0 Å². The van der Waals surface area contributed by atoms with Crippen LogP contribution < -0.4 is 5.56 Å². The molecule has 0 spiro atoms. The van der Waals surface area contributed by atoms with Crippen LogP contribution in [0.4, 0.5) is 0 Å². The van der Waals surface area contributed by atoms with Crippen LogP contribution in [-0.4, -0.2) is 38.4 Å². The zero-order valence-electron chi connectivity index (χ0n) is 12.9. The number of carbonyl (C=O) groups is 1. The molecule has 22 heavy (non-hydrogen) atoms. The average Bonchev–Trinajstić information content (AvgIpc) is 2.97. The number of fused-ring (bicyclic) bond motifs is 1. The molecule has 1 aliphatic rings. The lowest BCUT2D eigenvalue weighted by Crippen LogP contribution is -2.42. The van der Waals surface area contributed by atoms with Gasteiger partial charge in [0.1, 0.15) is 5.52 Å². The number of nitrogens with zero attached hydrogens (tertiary/aromatic N) is 4. The van der Waals surface area contributed by atoms with Crippen LogP contribution in [0.25, 0.3) is 10.9 Å². The molecule has 1 aromatic carbocycles. The molecular formula is C16H20N4O2. The third kappa shape index (κ3) is 2.61. The van der Waals surface area contributed by atoms with Crippen molar-refractivity contribution in [1.29, 1.82) is 0 Å². The van der Waals surface area contributed by atoms with Crippen LogP contribution in [-0.2, 0) is 11.3 Å². The summed E-state index contributed by atoms with van der Waals surface area (Å²) in [7, 11) is 0. The number of aromatic nitrogens is 3. The van der Waals surface area contributed by atoms with Gasteiger partial charge in [0, 0.05) is 12.5 Å². The van der Waals surface area contributed by atoms with Crippen molar-refractivity contribution in [3.8, 4) is 0 Å². The lowest BCUT2D eigenvalue weighted by atomic mass is 10.1. The fourth-order valence-corrected chi connectivity index (χ4v) is 2.99. The molecule has 6 nitrogen and oxygen atoms in total. The first-order valence-corrected chi connectivity index (χ1v) is 7.71. The van der Waals surface area contributed by atoms with Gasteiger partial charge in [-0.15, -0.1) is 5.10 Å². The second kappa shape index (κ2) is 5.87. The van der Waals surface area contributed by atoms with E-state index in [4.69, 9.17) is 0 Å². The Balaban J connectivity index is 1.88. The van der Waals surface area contributed by atoms with Crippen LogP contribution in [0.5, 0.6) is 0 Å². The Bertz CT molecular complexity index is 753. The minimum atomic E-state index is -0.144. The van der Waals surface area contributed by atoms with Gasteiger partial charge in [-0.1, -0.05) is 31.2 Å². The lowest BCUT2D eigenvalue weighted by molar-refractivity contribution is -0.135. The van der Waals surface area contributed by atoms with E-state index in [0.29, 0.717) is 17.4 Å². The maximum Gasteiger partial charge on any atom is 0.277 e. The number of hydrogen-bond donors (Lipinski definition) is 0. The van der Waals surface area contributed by atoms with Crippen molar-refractivity contribution in [3.63, 3.8) is 0 Å². The first-order chi connectivity index (χ1) is 10.6. The molecule has 0 bridgehead atoms. The van der Waals surface area contributed by atoms with Crippen molar-refractivity contribution in [3.05, 3.63) is 34.6 Å². The minimum Gasteiger partial charge on any atom is -0.338 e. The molecular weight excluding hydrogens is 280 g/mol. The summed E-state index contributed by atoms with van der Waals surface area (Å²) in [6.45, 7) is 4.98. The lowest BCUT2D eigenvalue weighted by Gasteiger charge is -2.26. The van der Waals surface area contributed by atoms with Gasteiger partial charge in [-0.05, 0) is 25.0 Å². The predicted molar refractivity (Wildman–Crippen MR) is 83.4 cm³/mol. The standard InChI is InChI=1S/C16H20N4O2/c1-11(2)15(21)19-9-5-6-12(19)10-20-16(22)13-7-3-4-8-14(13)17-18-20/h3-4,7-8,11-12H,5-6,9-10H2,1-2H3/t12-/m0/s1. The van der Waals surface area contributed by atoms with E-state index in [0.717, 1.165) is 19.4 Å². The SMILES string of the molecule is CC(C)C(=O)N1CCC[C@H]1Cn1nnc2ccccc2c1=O. The van der Waals surface area contributed by atoms with Crippen molar-refractivity contribution < 1.29 is 4.79 Å². The topological polar surface area (TPSA) is 68.1 Å². The van der Waals surface area contributed by atoms with Crippen LogP contribution in [0.15, 0.2) is 29.1 Å². The van der Waals surface area contributed by atoms with Gasteiger partial charge in [0.2, 0.25) is 5.91 Å². The third-order valence-electron chi connectivity index (χ3n) is 4.17. The monoisotopic (exact) mass is 300 g/mol. The second-order valence-electron chi connectivity index (χ2n) is 6.08. The Morgan fingerprint density at radius 3 is 2.91 bits per heavy atom. The zero-order chi connectivity index (χ0) is 15.7. The van der Waals surface area contributed by atoms with Gasteiger partial charge in [0.05, 0.1) is 18.0 Å². The molecule has 116 valence electrons.